The number of rotatable bonds is 3. The molecule has 0 spiro atoms. The summed E-state index contributed by atoms with van der Waals surface area (Å²) in [7, 11) is 0. The number of hydrogen-bond donors (Lipinski definition) is 1. The lowest BCUT2D eigenvalue weighted by Gasteiger charge is -2.42. The van der Waals surface area contributed by atoms with Crippen molar-refractivity contribution in [2.45, 2.75) is 33.7 Å². The topological polar surface area (TPSA) is 18.5 Å². The first-order valence-corrected chi connectivity index (χ1v) is 8.24. The number of hydrogen-bond acceptors (Lipinski definition) is 2. The molecule has 1 saturated heterocycles. The Morgan fingerprint density at radius 2 is 1.95 bits per heavy atom. The fourth-order valence-corrected chi connectivity index (χ4v) is 2.91. The fraction of sp³-hybridized carbons (Fsp3) is 0.588. The Balaban J connectivity index is 1.92. The molecule has 0 aliphatic carbocycles. The van der Waals surface area contributed by atoms with Crippen LogP contribution in [-0.4, -0.2) is 42.2 Å². The third-order valence-corrected chi connectivity index (χ3v) is 4.34. The molecule has 1 aliphatic heterocycles. The second-order valence-corrected chi connectivity index (χ2v) is 6.79. The second-order valence-electron chi connectivity index (χ2n) is 6.40. The highest BCUT2D eigenvalue weighted by molar-refractivity contribution is 7.80. The molecule has 1 aromatic carbocycles. The predicted molar refractivity (Wildman–Crippen MR) is 95.0 cm³/mol. The molecule has 0 amide bonds. The van der Waals surface area contributed by atoms with Crippen molar-refractivity contribution >= 4 is 23.0 Å². The molecular formula is C17H27N3S. The Labute approximate surface area is 134 Å². The smallest absolute Gasteiger partial charge is 0.169 e. The van der Waals surface area contributed by atoms with Gasteiger partial charge in [-0.15, -0.1) is 0 Å². The van der Waals surface area contributed by atoms with Crippen molar-refractivity contribution in [3.63, 3.8) is 0 Å². The van der Waals surface area contributed by atoms with Crippen LogP contribution in [0.15, 0.2) is 24.3 Å². The van der Waals surface area contributed by atoms with Gasteiger partial charge in [0, 0.05) is 37.9 Å². The maximum Gasteiger partial charge on any atom is 0.169 e. The van der Waals surface area contributed by atoms with Crippen molar-refractivity contribution in [3.8, 4) is 0 Å². The Morgan fingerprint density at radius 1 is 1.29 bits per heavy atom. The van der Waals surface area contributed by atoms with Crippen LogP contribution in [0.1, 0.15) is 26.3 Å². The molecule has 0 aromatic heterocycles. The first-order valence-electron chi connectivity index (χ1n) is 7.83. The maximum atomic E-state index is 5.51. The van der Waals surface area contributed by atoms with Gasteiger partial charge in [-0.2, -0.15) is 0 Å². The number of nitrogens with zero attached hydrogens (tertiary/aromatic N) is 2. The first kappa shape index (κ1) is 16.1. The lowest BCUT2D eigenvalue weighted by Crippen LogP contribution is -2.56. The van der Waals surface area contributed by atoms with Crippen LogP contribution < -0.4 is 10.2 Å². The largest absolute Gasteiger partial charge is 0.365 e. The third kappa shape index (κ3) is 4.34. The Hall–Kier alpha value is -1.29. The van der Waals surface area contributed by atoms with Gasteiger partial charge in [0.15, 0.2) is 5.11 Å². The van der Waals surface area contributed by atoms with Crippen molar-refractivity contribution in [3.05, 3.63) is 29.8 Å². The van der Waals surface area contributed by atoms with Gasteiger partial charge in [0.05, 0.1) is 0 Å². The Bertz CT molecular complexity index is 469. The number of thiocarbonyl (C=S) groups is 1. The number of benzene rings is 1. The van der Waals surface area contributed by atoms with E-state index in [2.05, 4.69) is 67.1 Å². The molecule has 4 heteroatoms. The summed E-state index contributed by atoms with van der Waals surface area (Å²) < 4.78 is 0. The van der Waals surface area contributed by atoms with Gasteiger partial charge in [-0.1, -0.05) is 31.5 Å². The molecule has 0 radical (unpaired) electrons. The molecule has 0 saturated carbocycles. The Kier molecular flexibility index (Phi) is 5.45. The molecule has 1 aliphatic rings. The molecule has 1 N–H and O–H groups in total. The van der Waals surface area contributed by atoms with Gasteiger partial charge < -0.3 is 15.1 Å². The van der Waals surface area contributed by atoms with Crippen LogP contribution in [0, 0.1) is 12.8 Å². The second kappa shape index (κ2) is 7.12. The van der Waals surface area contributed by atoms with Gasteiger partial charge in [0.2, 0.25) is 0 Å². The summed E-state index contributed by atoms with van der Waals surface area (Å²) in [5, 5.41) is 4.28. The van der Waals surface area contributed by atoms with E-state index in [0.29, 0.717) is 12.0 Å². The third-order valence-electron chi connectivity index (χ3n) is 3.94. The van der Waals surface area contributed by atoms with Crippen LogP contribution >= 0.6 is 12.2 Å². The summed E-state index contributed by atoms with van der Waals surface area (Å²) in [5.41, 5.74) is 2.62. The standard InChI is InChI=1S/C17H27N3S/c1-13(2)11-18-17(21)19-9-10-20(15(4)12-19)16-7-5-14(3)6-8-16/h5-8,13,15H,9-12H2,1-4H3,(H,18,21). The molecule has 1 atom stereocenters. The highest BCUT2D eigenvalue weighted by Crippen LogP contribution is 2.21. The number of aryl methyl sites for hydroxylation is 1. The van der Waals surface area contributed by atoms with E-state index in [4.69, 9.17) is 12.2 Å². The summed E-state index contributed by atoms with van der Waals surface area (Å²) in [6.07, 6.45) is 0. The van der Waals surface area contributed by atoms with Crippen molar-refractivity contribution in [2.24, 2.45) is 5.92 Å². The predicted octanol–water partition coefficient (Wildman–Crippen LogP) is 3.04. The lowest BCUT2D eigenvalue weighted by atomic mass is 10.1. The molecule has 1 unspecified atom stereocenters. The minimum absolute atomic E-state index is 0.472. The summed E-state index contributed by atoms with van der Waals surface area (Å²) in [5.74, 6) is 0.620. The van der Waals surface area contributed by atoms with Crippen LogP contribution in [0.25, 0.3) is 0 Å². The average Bonchev–Trinajstić information content (AvgIpc) is 2.45. The zero-order chi connectivity index (χ0) is 15.4. The lowest BCUT2D eigenvalue weighted by molar-refractivity contribution is 0.332. The highest BCUT2D eigenvalue weighted by Gasteiger charge is 2.25. The number of anilines is 1. The van der Waals surface area contributed by atoms with E-state index in [1.165, 1.54) is 11.3 Å². The molecule has 21 heavy (non-hydrogen) atoms. The molecular weight excluding hydrogens is 278 g/mol. The highest BCUT2D eigenvalue weighted by atomic mass is 32.1. The molecule has 116 valence electrons. The molecule has 1 fully saturated rings. The average molecular weight is 305 g/mol. The minimum atomic E-state index is 0.472. The first-order chi connectivity index (χ1) is 9.97. The normalized spacial score (nSPS) is 19.0. The van der Waals surface area contributed by atoms with E-state index in [1.54, 1.807) is 0 Å². The maximum absolute atomic E-state index is 5.51. The van der Waals surface area contributed by atoms with E-state index in [9.17, 15) is 0 Å². The summed E-state index contributed by atoms with van der Waals surface area (Å²) in [6, 6.07) is 9.28. The number of piperazine rings is 1. The zero-order valence-electron chi connectivity index (χ0n) is 13.6. The Morgan fingerprint density at radius 3 is 2.52 bits per heavy atom. The van der Waals surface area contributed by atoms with Gasteiger partial charge in [0.25, 0.3) is 0 Å². The minimum Gasteiger partial charge on any atom is -0.365 e. The van der Waals surface area contributed by atoms with Gasteiger partial charge in [0.1, 0.15) is 0 Å². The summed E-state index contributed by atoms with van der Waals surface area (Å²) >= 11 is 5.51. The van der Waals surface area contributed by atoms with Crippen LogP contribution in [0.2, 0.25) is 0 Å². The quantitative estimate of drug-likeness (QED) is 0.865. The van der Waals surface area contributed by atoms with E-state index in [0.717, 1.165) is 31.3 Å². The summed E-state index contributed by atoms with van der Waals surface area (Å²) in [4.78, 5) is 4.77. The van der Waals surface area contributed by atoms with Gasteiger partial charge in [-0.05, 0) is 44.1 Å². The van der Waals surface area contributed by atoms with Gasteiger partial charge in [-0.3, -0.25) is 0 Å². The van der Waals surface area contributed by atoms with Gasteiger partial charge in [-0.25, -0.2) is 0 Å². The SMILES string of the molecule is Cc1ccc(N2CCN(C(=S)NCC(C)C)CC2C)cc1. The van der Waals surface area contributed by atoms with Crippen molar-refractivity contribution in [1.82, 2.24) is 10.2 Å². The molecule has 1 aromatic rings. The van der Waals surface area contributed by atoms with E-state index in [1.807, 2.05) is 0 Å². The van der Waals surface area contributed by atoms with Gasteiger partial charge >= 0.3 is 0 Å². The molecule has 1 heterocycles. The molecule has 0 bridgehead atoms. The van der Waals surface area contributed by atoms with E-state index in [-0.39, 0.29) is 0 Å². The fourth-order valence-electron chi connectivity index (χ4n) is 2.67. The van der Waals surface area contributed by atoms with Crippen LogP contribution in [0.5, 0.6) is 0 Å². The molecule has 2 rings (SSSR count). The van der Waals surface area contributed by atoms with Crippen LogP contribution in [0.4, 0.5) is 5.69 Å². The van der Waals surface area contributed by atoms with Crippen molar-refractivity contribution in [2.75, 3.05) is 31.1 Å². The van der Waals surface area contributed by atoms with Crippen molar-refractivity contribution in [1.29, 1.82) is 0 Å². The van der Waals surface area contributed by atoms with Crippen molar-refractivity contribution < 1.29 is 0 Å². The molecule has 3 nitrogen and oxygen atoms in total. The number of nitrogens with one attached hydrogen (secondary N) is 1. The van der Waals surface area contributed by atoms with Crippen LogP contribution in [0.3, 0.4) is 0 Å². The summed E-state index contributed by atoms with van der Waals surface area (Å²) in [6.45, 7) is 12.8. The zero-order valence-corrected chi connectivity index (χ0v) is 14.4. The van der Waals surface area contributed by atoms with E-state index < -0.39 is 0 Å². The van der Waals surface area contributed by atoms with E-state index >= 15 is 0 Å². The van der Waals surface area contributed by atoms with Crippen LogP contribution in [-0.2, 0) is 0 Å². The monoisotopic (exact) mass is 305 g/mol.